The van der Waals surface area contributed by atoms with E-state index in [1.54, 1.807) is 0 Å². The summed E-state index contributed by atoms with van der Waals surface area (Å²) < 4.78 is 69.3. The maximum Gasteiger partial charge on any atom is 0.420 e. The van der Waals surface area contributed by atoms with Crippen molar-refractivity contribution >= 4 is 21.7 Å². The molecule has 12 heteroatoms. The lowest BCUT2D eigenvalue weighted by molar-refractivity contribution is -0.138. The molecule has 0 aromatic heterocycles. The summed E-state index contributed by atoms with van der Waals surface area (Å²) in [5.74, 6) is -2.41. The molecule has 2 aromatic carbocycles. The number of hydrogen-bond acceptors (Lipinski definition) is 6. The van der Waals surface area contributed by atoms with Crippen LogP contribution in [0.4, 0.5) is 13.2 Å². The summed E-state index contributed by atoms with van der Waals surface area (Å²) in [5, 5.41) is 7.62. The van der Waals surface area contributed by atoms with Crippen LogP contribution in [-0.4, -0.2) is 26.0 Å². The number of carbonyl (C=O) groups excluding carboxylic acids is 1. The molecule has 1 amide bonds. The van der Waals surface area contributed by atoms with E-state index in [4.69, 9.17) is 21.6 Å². The van der Waals surface area contributed by atoms with E-state index in [-0.39, 0.29) is 22.6 Å². The zero-order valence-corrected chi connectivity index (χ0v) is 16.5. The van der Waals surface area contributed by atoms with Gasteiger partial charge in [-0.05, 0) is 35.9 Å². The minimum atomic E-state index is -4.83. The average molecular weight is 444 g/mol. The van der Waals surface area contributed by atoms with Crippen LogP contribution in [0, 0.1) is 5.41 Å². The molecule has 0 saturated carbocycles. The molecule has 6 N–H and O–H groups in total. The molecule has 1 unspecified atom stereocenters. The Labute approximate surface area is 170 Å². The Balaban J connectivity index is 2.33. The number of guanidine groups is 1. The summed E-state index contributed by atoms with van der Waals surface area (Å²) in [4.78, 5) is 11.8. The van der Waals surface area contributed by atoms with Gasteiger partial charge in [0.05, 0.1) is 5.56 Å². The molecule has 2 rings (SSSR count). The minimum Gasteiger partial charge on any atom is -0.457 e. The second-order valence-electron chi connectivity index (χ2n) is 6.12. The fraction of sp³-hybridized carbons (Fsp3) is 0.222. The molecule has 8 nitrogen and oxygen atoms in total. The van der Waals surface area contributed by atoms with Gasteiger partial charge in [-0.25, -0.2) is 8.42 Å². The predicted molar refractivity (Wildman–Crippen MR) is 104 cm³/mol. The number of ether oxygens (including phenoxy) is 1. The van der Waals surface area contributed by atoms with Gasteiger partial charge in [0, 0.05) is 11.3 Å². The topological polar surface area (TPSA) is 148 Å². The van der Waals surface area contributed by atoms with Crippen LogP contribution in [0.15, 0.2) is 42.5 Å². The monoisotopic (exact) mass is 444 g/mol. The number of rotatable bonds is 6. The lowest BCUT2D eigenvalue weighted by atomic mass is 10.1. The van der Waals surface area contributed by atoms with Crippen LogP contribution >= 0.6 is 0 Å². The Hall–Kier alpha value is -3.12. The molecule has 0 spiro atoms. The van der Waals surface area contributed by atoms with Gasteiger partial charge in [-0.15, -0.1) is 0 Å². The van der Waals surface area contributed by atoms with E-state index in [9.17, 15) is 26.4 Å². The molecule has 0 aliphatic carbocycles. The summed E-state index contributed by atoms with van der Waals surface area (Å²) >= 11 is 0. The fourth-order valence-corrected chi connectivity index (χ4v) is 3.35. The third kappa shape index (κ3) is 5.48. The number of benzene rings is 2. The zero-order chi connectivity index (χ0) is 22.7. The van der Waals surface area contributed by atoms with Crippen molar-refractivity contribution in [2.45, 2.75) is 18.5 Å². The van der Waals surface area contributed by atoms with E-state index < -0.39 is 44.6 Å². The molecular formula is C18H19F3N4O4S. The molecule has 0 aliphatic heterocycles. The molecule has 0 radical (unpaired) electrons. The molecule has 0 heterocycles. The van der Waals surface area contributed by atoms with Gasteiger partial charge in [0.1, 0.15) is 16.9 Å². The molecular weight excluding hydrogens is 425 g/mol. The lowest BCUT2D eigenvalue weighted by Gasteiger charge is -2.16. The van der Waals surface area contributed by atoms with Crippen LogP contribution in [0.5, 0.6) is 11.5 Å². The van der Waals surface area contributed by atoms with Crippen molar-refractivity contribution in [1.82, 2.24) is 5.32 Å². The summed E-state index contributed by atoms with van der Waals surface area (Å²) in [5.41, 5.74) is 9.40. The van der Waals surface area contributed by atoms with Crippen LogP contribution in [-0.2, 0) is 16.0 Å². The average Bonchev–Trinajstić information content (AvgIpc) is 2.67. The van der Waals surface area contributed by atoms with Gasteiger partial charge in [-0.3, -0.25) is 15.5 Å². The SMILES string of the molecule is CCS(=O)(=O)C(N)c1ccc(Oc2ccc(C(=O)NC(=N)N)cc2C(F)(F)F)cc1. The van der Waals surface area contributed by atoms with Gasteiger partial charge in [-0.2, -0.15) is 13.2 Å². The highest BCUT2D eigenvalue weighted by Gasteiger charge is 2.35. The second-order valence-corrected chi connectivity index (χ2v) is 8.53. The first-order valence-corrected chi connectivity index (χ1v) is 10.2. The smallest absolute Gasteiger partial charge is 0.420 e. The normalized spacial score (nSPS) is 12.8. The van der Waals surface area contributed by atoms with Crippen LogP contribution < -0.4 is 21.5 Å². The number of nitrogens with one attached hydrogen (secondary N) is 2. The molecule has 0 fully saturated rings. The van der Waals surface area contributed by atoms with E-state index in [2.05, 4.69) is 0 Å². The third-order valence-corrected chi connectivity index (χ3v) is 5.87. The third-order valence-electron chi connectivity index (χ3n) is 4.02. The quantitative estimate of drug-likeness (QED) is 0.397. The number of carbonyl (C=O) groups is 1. The number of amides is 1. The van der Waals surface area contributed by atoms with Gasteiger partial charge in [0.25, 0.3) is 5.91 Å². The van der Waals surface area contributed by atoms with Crippen molar-refractivity contribution in [3.05, 3.63) is 59.2 Å². The molecule has 162 valence electrons. The van der Waals surface area contributed by atoms with Crippen molar-refractivity contribution in [1.29, 1.82) is 5.41 Å². The summed E-state index contributed by atoms with van der Waals surface area (Å²) in [7, 11) is -3.54. The van der Waals surface area contributed by atoms with Gasteiger partial charge in [0.2, 0.25) is 0 Å². The highest BCUT2D eigenvalue weighted by Crippen LogP contribution is 2.39. The first kappa shape index (κ1) is 23.2. The van der Waals surface area contributed by atoms with Crippen molar-refractivity contribution in [3.63, 3.8) is 0 Å². The van der Waals surface area contributed by atoms with E-state index in [0.717, 1.165) is 12.1 Å². The van der Waals surface area contributed by atoms with Gasteiger partial charge >= 0.3 is 6.18 Å². The molecule has 0 saturated heterocycles. The highest BCUT2D eigenvalue weighted by molar-refractivity contribution is 7.91. The van der Waals surface area contributed by atoms with Crippen molar-refractivity contribution in [3.8, 4) is 11.5 Å². The van der Waals surface area contributed by atoms with Crippen LogP contribution in [0.1, 0.15) is 33.8 Å². The first-order chi connectivity index (χ1) is 13.8. The number of hydrogen-bond donors (Lipinski definition) is 4. The van der Waals surface area contributed by atoms with Crippen LogP contribution in [0.25, 0.3) is 0 Å². The van der Waals surface area contributed by atoms with Gasteiger partial charge < -0.3 is 16.2 Å². The fourth-order valence-electron chi connectivity index (χ4n) is 2.42. The highest BCUT2D eigenvalue weighted by atomic mass is 32.2. The van der Waals surface area contributed by atoms with Crippen LogP contribution in [0.2, 0.25) is 0 Å². The standard InChI is InChI=1S/C18H19F3N4O4S/c1-2-30(27,28)15(22)10-3-6-12(7-4-10)29-14-8-5-11(16(26)25-17(23)24)9-13(14)18(19,20)21/h3-9,15H,2,22H2,1H3,(H4,23,24,25,26). The lowest BCUT2D eigenvalue weighted by Crippen LogP contribution is -2.35. The van der Waals surface area contributed by atoms with Crippen molar-refractivity contribution < 1.29 is 31.1 Å². The molecule has 1 atom stereocenters. The minimum absolute atomic E-state index is 0.00582. The summed E-state index contributed by atoms with van der Waals surface area (Å²) in [6, 6.07) is 7.88. The van der Waals surface area contributed by atoms with E-state index in [1.807, 2.05) is 5.32 Å². The Kier molecular flexibility index (Phi) is 6.73. The Morgan fingerprint density at radius 1 is 1.20 bits per heavy atom. The Bertz CT molecular complexity index is 1050. The second kappa shape index (κ2) is 8.71. The largest absolute Gasteiger partial charge is 0.457 e. The number of nitrogens with two attached hydrogens (primary N) is 2. The molecule has 2 aromatic rings. The molecule has 0 bridgehead atoms. The van der Waals surface area contributed by atoms with Crippen LogP contribution in [0.3, 0.4) is 0 Å². The van der Waals surface area contributed by atoms with E-state index >= 15 is 0 Å². The predicted octanol–water partition coefficient (Wildman–Crippen LogP) is 2.51. The van der Waals surface area contributed by atoms with E-state index in [0.29, 0.717) is 6.07 Å². The summed E-state index contributed by atoms with van der Waals surface area (Å²) in [6.07, 6.45) is -4.83. The maximum atomic E-state index is 13.4. The number of halogens is 3. The number of alkyl halides is 3. The van der Waals surface area contributed by atoms with Gasteiger partial charge in [-0.1, -0.05) is 19.1 Å². The Morgan fingerprint density at radius 2 is 1.80 bits per heavy atom. The maximum absolute atomic E-state index is 13.4. The van der Waals surface area contributed by atoms with Gasteiger partial charge in [0.15, 0.2) is 15.8 Å². The zero-order valence-electron chi connectivity index (χ0n) is 15.7. The van der Waals surface area contributed by atoms with Crippen molar-refractivity contribution in [2.75, 3.05) is 5.75 Å². The Morgan fingerprint density at radius 3 is 2.30 bits per heavy atom. The van der Waals surface area contributed by atoms with Crippen molar-refractivity contribution in [2.24, 2.45) is 11.5 Å². The molecule has 30 heavy (non-hydrogen) atoms. The molecule has 0 aliphatic rings. The number of sulfone groups is 1. The van der Waals surface area contributed by atoms with E-state index in [1.165, 1.54) is 31.2 Å². The first-order valence-electron chi connectivity index (χ1n) is 8.46. The summed E-state index contributed by atoms with van der Waals surface area (Å²) in [6.45, 7) is 1.45.